The second-order valence-corrected chi connectivity index (χ2v) is 7.72. The molecule has 0 spiro atoms. The van der Waals surface area contributed by atoms with Crippen LogP contribution in [0.25, 0.3) is 22.4 Å². The number of aromatic hydroxyl groups is 1. The van der Waals surface area contributed by atoms with Crippen LogP contribution >= 0.6 is 23.2 Å². The standard InChI is InChI=1S/C22H13Cl2N5O3/c23-13-3-1-12(2-4-13)10-29-17-6-5-14(30)9-15(17)18(20(29)24)19(31)22-27-21(28-32-22)16-7-8-25-11-26-16/h1-9,11,30H,10H2. The van der Waals surface area contributed by atoms with Gasteiger partial charge in [-0.25, -0.2) is 9.97 Å². The molecule has 3 heterocycles. The molecule has 10 heteroatoms. The van der Waals surface area contributed by atoms with E-state index >= 15 is 0 Å². The van der Waals surface area contributed by atoms with E-state index in [0.717, 1.165) is 5.56 Å². The van der Waals surface area contributed by atoms with Crippen molar-refractivity contribution in [1.29, 1.82) is 0 Å². The van der Waals surface area contributed by atoms with Crippen molar-refractivity contribution in [2.45, 2.75) is 6.54 Å². The number of carbonyl (C=O) groups is 1. The maximum atomic E-state index is 13.3. The molecule has 158 valence electrons. The van der Waals surface area contributed by atoms with Crippen molar-refractivity contribution in [2.75, 3.05) is 0 Å². The topological polar surface area (TPSA) is 107 Å². The summed E-state index contributed by atoms with van der Waals surface area (Å²) in [6.07, 6.45) is 2.88. The van der Waals surface area contributed by atoms with Crippen LogP contribution in [-0.4, -0.2) is 35.6 Å². The van der Waals surface area contributed by atoms with Crippen LogP contribution in [0.1, 0.15) is 21.8 Å². The lowest BCUT2D eigenvalue weighted by molar-refractivity contribution is 0.0995. The predicted molar refractivity (Wildman–Crippen MR) is 118 cm³/mol. The molecular formula is C22H13Cl2N5O3. The molecule has 0 aliphatic rings. The van der Waals surface area contributed by atoms with Gasteiger partial charge in [-0.3, -0.25) is 4.79 Å². The summed E-state index contributed by atoms with van der Waals surface area (Å²) in [6.45, 7) is 0.389. The minimum atomic E-state index is -0.562. The van der Waals surface area contributed by atoms with Gasteiger partial charge in [0.25, 0.3) is 11.7 Å². The first-order valence-corrected chi connectivity index (χ1v) is 10.2. The van der Waals surface area contributed by atoms with Crippen LogP contribution in [0, 0.1) is 0 Å². The van der Waals surface area contributed by atoms with Gasteiger partial charge in [0, 0.05) is 23.2 Å². The van der Waals surface area contributed by atoms with Gasteiger partial charge in [-0.2, -0.15) is 4.98 Å². The van der Waals surface area contributed by atoms with Crippen molar-refractivity contribution in [1.82, 2.24) is 24.7 Å². The zero-order chi connectivity index (χ0) is 22.2. The summed E-state index contributed by atoms with van der Waals surface area (Å²) >= 11 is 12.7. The highest BCUT2D eigenvalue weighted by Gasteiger charge is 2.27. The van der Waals surface area contributed by atoms with E-state index in [1.165, 1.54) is 24.7 Å². The van der Waals surface area contributed by atoms with Crippen LogP contribution in [0.15, 0.2) is 65.6 Å². The fourth-order valence-electron chi connectivity index (χ4n) is 3.40. The van der Waals surface area contributed by atoms with Gasteiger partial charge in [0.1, 0.15) is 22.9 Å². The van der Waals surface area contributed by atoms with Gasteiger partial charge >= 0.3 is 0 Å². The fourth-order valence-corrected chi connectivity index (χ4v) is 3.87. The van der Waals surface area contributed by atoms with Crippen LogP contribution in [0.5, 0.6) is 5.75 Å². The molecule has 3 aromatic heterocycles. The number of hydrogen-bond acceptors (Lipinski definition) is 7. The van der Waals surface area contributed by atoms with Gasteiger partial charge < -0.3 is 14.2 Å². The van der Waals surface area contributed by atoms with Crippen molar-refractivity contribution in [3.05, 3.63) is 88.2 Å². The maximum absolute atomic E-state index is 13.3. The molecule has 0 bridgehead atoms. The Labute approximate surface area is 191 Å². The molecule has 1 N–H and O–H groups in total. The number of phenolic OH excluding ortho intramolecular Hbond substituents is 1. The van der Waals surface area contributed by atoms with E-state index in [2.05, 4.69) is 20.1 Å². The number of aromatic nitrogens is 5. The molecule has 32 heavy (non-hydrogen) atoms. The number of ketones is 1. The van der Waals surface area contributed by atoms with E-state index in [1.807, 2.05) is 12.1 Å². The minimum absolute atomic E-state index is 0.000867. The van der Waals surface area contributed by atoms with Crippen molar-refractivity contribution < 1.29 is 14.4 Å². The molecule has 0 saturated heterocycles. The molecule has 8 nitrogen and oxygen atoms in total. The van der Waals surface area contributed by atoms with Crippen molar-refractivity contribution in [3.63, 3.8) is 0 Å². The smallest absolute Gasteiger partial charge is 0.299 e. The highest BCUT2D eigenvalue weighted by molar-refractivity contribution is 6.36. The molecule has 0 radical (unpaired) electrons. The van der Waals surface area contributed by atoms with E-state index in [1.54, 1.807) is 28.8 Å². The molecule has 5 rings (SSSR count). The van der Waals surface area contributed by atoms with Crippen LogP contribution < -0.4 is 0 Å². The summed E-state index contributed by atoms with van der Waals surface area (Å²) in [5.41, 5.74) is 2.17. The third-order valence-corrected chi connectivity index (χ3v) is 5.54. The molecule has 0 aliphatic carbocycles. The minimum Gasteiger partial charge on any atom is -0.508 e. The summed E-state index contributed by atoms with van der Waals surface area (Å²) in [6, 6.07) is 13.6. The summed E-state index contributed by atoms with van der Waals surface area (Å²) in [5.74, 6) is -0.652. The molecule has 2 aromatic carbocycles. The number of rotatable bonds is 5. The Balaban J connectivity index is 1.60. The first kappa shape index (κ1) is 20.2. The quantitative estimate of drug-likeness (QED) is 0.372. The highest BCUT2D eigenvalue weighted by Crippen LogP contribution is 2.34. The Morgan fingerprint density at radius 3 is 2.66 bits per heavy atom. The highest BCUT2D eigenvalue weighted by atomic mass is 35.5. The molecule has 5 aromatic rings. The normalized spacial score (nSPS) is 11.2. The number of halogens is 2. The Kier molecular flexibility index (Phi) is 5.08. The molecule has 0 atom stereocenters. The van der Waals surface area contributed by atoms with Gasteiger partial charge in [0.15, 0.2) is 0 Å². The maximum Gasteiger partial charge on any atom is 0.299 e. The lowest BCUT2D eigenvalue weighted by atomic mass is 10.1. The van der Waals surface area contributed by atoms with E-state index in [-0.39, 0.29) is 28.2 Å². The second kappa shape index (κ2) is 8.07. The largest absolute Gasteiger partial charge is 0.508 e. The van der Waals surface area contributed by atoms with Crippen molar-refractivity contribution in [2.24, 2.45) is 0 Å². The number of nitrogens with zero attached hydrogens (tertiary/aromatic N) is 5. The Morgan fingerprint density at radius 2 is 1.91 bits per heavy atom. The average molecular weight is 466 g/mol. The first-order valence-electron chi connectivity index (χ1n) is 9.41. The van der Waals surface area contributed by atoms with E-state index in [9.17, 15) is 9.90 Å². The van der Waals surface area contributed by atoms with Crippen LogP contribution in [0.4, 0.5) is 0 Å². The zero-order valence-electron chi connectivity index (χ0n) is 16.2. The summed E-state index contributed by atoms with van der Waals surface area (Å²) < 4.78 is 6.97. The first-order chi connectivity index (χ1) is 15.5. The molecule has 0 aliphatic heterocycles. The molecule has 0 saturated carbocycles. The zero-order valence-corrected chi connectivity index (χ0v) is 17.7. The molecular weight excluding hydrogens is 453 g/mol. The third-order valence-electron chi connectivity index (χ3n) is 4.90. The molecule has 0 amide bonds. The van der Waals surface area contributed by atoms with Crippen LogP contribution in [0.2, 0.25) is 10.2 Å². The summed E-state index contributed by atoms with van der Waals surface area (Å²) in [4.78, 5) is 25.4. The predicted octanol–water partition coefficient (Wildman–Crippen LogP) is 4.77. The summed E-state index contributed by atoms with van der Waals surface area (Å²) in [5, 5.41) is 15.1. The number of hydrogen-bond donors (Lipinski definition) is 1. The van der Waals surface area contributed by atoms with Crippen molar-refractivity contribution in [3.8, 4) is 17.3 Å². The molecule has 0 fully saturated rings. The van der Waals surface area contributed by atoms with Crippen LogP contribution in [-0.2, 0) is 6.54 Å². The lowest BCUT2D eigenvalue weighted by Gasteiger charge is -2.08. The number of carbonyl (C=O) groups excluding carboxylic acids is 1. The Hall–Kier alpha value is -3.75. The van der Waals surface area contributed by atoms with E-state index in [4.69, 9.17) is 27.7 Å². The lowest BCUT2D eigenvalue weighted by Crippen LogP contribution is -2.04. The Morgan fingerprint density at radius 1 is 1.09 bits per heavy atom. The van der Waals surface area contributed by atoms with Crippen molar-refractivity contribution >= 4 is 39.9 Å². The fraction of sp³-hybridized carbons (Fsp3) is 0.0455. The number of fused-ring (bicyclic) bond motifs is 1. The number of phenols is 1. The second-order valence-electron chi connectivity index (χ2n) is 6.93. The van der Waals surface area contributed by atoms with Gasteiger partial charge in [-0.05, 0) is 42.0 Å². The van der Waals surface area contributed by atoms with Crippen LogP contribution in [0.3, 0.4) is 0 Å². The Bertz CT molecular complexity index is 1450. The monoisotopic (exact) mass is 465 g/mol. The molecule has 0 unspecified atom stereocenters. The van der Waals surface area contributed by atoms with Gasteiger partial charge in [-0.15, -0.1) is 0 Å². The number of benzene rings is 2. The average Bonchev–Trinajstić information content (AvgIpc) is 3.39. The van der Waals surface area contributed by atoms with E-state index < -0.39 is 5.78 Å². The van der Waals surface area contributed by atoms with E-state index in [0.29, 0.717) is 28.2 Å². The SMILES string of the molecule is O=C(c1nc(-c2ccncn2)no1)c1c(Cl)n(Cc2ccc(Cl)cc2)c2ccc(O)cc12. The van der Waals surface area contributed by atoms with Gasteiger partial charge in [-0.1, -0.05) is 40.5 Å². The summed E-state index contributed by atoms with van der Waals surface area (Å²) in [7, 11) is 0. The third kappa shape index (κ3) is 3.59. The van der Waals surface area contributed by atoms with Gasteiger partial charge in [0.2, 0.25) is 5.82 Å². The van der Waals surface area contributed by atoms with Gasteiger partial charge in [0.05, 0.1) is 11.1 Å².